The molecule has 1 atom stereocenters. The highest BCUT2D eigenvalue weighted by Crippen LogP contribution is 2.20. The zero-order chi connectivity index (χ0) is 15.5. The largest absolute Gasteiger partial charge is 0.308 e. The minimum absolute atomic E-state index is 0.163. The number of nitrogens with zero attached hydrogens (tertiary/aromatic N) is 2. The number of likely N-dealkylation sites (N-methyl/N-ethyl adjacent to an activating group) is 1. The summed E-state index contributed by atoms with van der Waals surface area (Å²) in [6.45, 7) is 4.76. The number of benzene rings is 1. The van der Waals surface area contributed by atoms with E-state index in [9.17, 15) is 8.42 Å². The van der Waals surface area contributed by atoms with Gasteiger partial charge in [0.05, 0.1) is 11.5 Å². The van der Waals surface area contributed by atoms with Crippen LogP contribution in [0, 0.1) is 6.92 Å². The van der Waals surface area contributed by atoms with Crippen LogP contribution < -0.4 is 0 Å². The maximum absolute atomic E-state index is 11.7. The van der Waals surface area contributed by atoms with Crippen LogP contribution in [0.4, 0.5) is 0 Å². The van der Waals surface area contributed by atoms with Crippen molar-refractivity contribution < 1.29 is 8.42 Å². The van der Waals surface area contributed by atoms with E-state index >= 15 is 0 Å². The van der Waals surface area contributed by atoms with Gasteiger partial charge in [0.25, 0.3) is 0 Å². The van der Waals surface area contributed by atoms with Gasteiger partial charge in [0.2, 0.25) is 0 Å². The fourth-order valence-corrected chi connectivity index (χ4v) is 4.47. The molecule has 2 rings (SSSR count). The molecule has 1 aromatic carbocycles. The molecule has 1 saturated heterocycles. The van der Waals surface area contributed by atoms with E-state index in [4.69, 9.17) is 0 Å². The van der Waals surface area contributed by atoms with Crippen LogP contribution in [0.25, 0.3) is 0 Å². The van der Waals surface area contributed by atoms with Gasteiger partial charge in [0.1, 0.15) is 0 Å². The molecule has 0 N–H and O–H groups in total. The van der Waals surface area contributed by atoms with Gasteiger partial charge in [-0.25, -0.2) is 8.42 Å². The fraction of sp³-hybridized carbons (Fsp3) is 0.625. The van der Waals surface area contributed by atoms with Crippen LogP contribution in [0.1, 0.15) is 17.5 Å². The van der Waals surface area contributed by atoms with Crippen molar-refractivity contribution in [3.8, 4) is 0 Å². The summed E-state index contributed by atoms with van der Waals surface area (Å²) in [7, 11) is 1.27. The Kier molecular flexibility index (Phi) is 5.41. The Bertz CT molecular complexity index is 552. The van der Waals surface area contributed by atoms with Crippen molar-refractivity contribution in [2.45, 2.75) is 25.9 Å². The molecule has 1 heterocycles. The highest BCUT2D eigenvalue weighted by Gasteiger charge is 2.32. The number of sulfone groups is 1. The predicted molar refractivity (Wildman–Crippen MR) is 87.2 cm³/mol. The molecule has 0 radical (unpaired) electrons. The van der Waals surface area contributed by atoms with Crippen LogP contribution in [0.2, 0.25) is 0 Å². The predicted octanol–water partition coefficient (Wildman–Crippen LogP) is 1.55. The minimum Gasteiger partial charge on any atom is -0.308 e. The average molecular weight is 310 g/mol. The van der Waals surface area contributed by atoms with Crippen molar-refractivity contribution in [3.63, 3.8) is 0 Å². The summed E-state index contributed by atoms with van der Waals surface area (Å²) in [5.74, 6) is 0.649. The average Bonchev–Trinajstić information content (AvgIpc) is 2.77. The summed E-state index contributed by atoms with van der Waals surface area (Å²) < 4.78 is 23.5. The van der Waals surface area contributed by atoms with E-state index in [1.165, 1.54) is 11.1 Å². The molecule has 5 heteroatoms. The summed E-state index contributed by atoms with van der Waals surface area (Å²) >= 11 is 0. The smallest absolute Gasteiger partial charge is 0.151 e. The molecule has 0 amide bonds. The number of aryl methyl sites for hydroxylation is 1. The molecule has 0 aliphatic carbocycles. The lowest BCUT2D eigenvalue weighted by Gasteiger charge is -2.29. The molecule has 0 aromatic heterocycles. The second kappa shape index (κ2) is 6.90. The zero-order valence-electron chi connectivity index (χ0n) is 13.2. The third-order valence-electron chi connectivity index (χ3n) is 4.07. The summed E-state index contributed by atoms with van der Waals surface area (Å²) in [4.78, 5) is 4.47. The highest BCUT2D eigenvalue weighted by molar-refractivity contribution is 7.91. The number of hydrogen-bond acceptors (Lipinski definition) is 4. The first-order valence-electron chi connectivity index (χ1n) is 7.50. The minimum atomic E-state index is -2.83. The molecule has 4 nitrogen and oxygen atoms in total. The van der Waals surface area contributed by atoms with E-state index < -0.39 is 9.84 Å². The SMILES string of the molecule is Cc1ccc(CN(CCN(C)C)[C@@H]2CCS(=O)(=O)C2)cc1. The third kappa shape index (κ3) is 5.09. The maximum atomic E-state index is 11.7. The topological polar surface area (TPSA) is 40.6 Å². The Hall–Kier alpha value is -0.910. The zero-order valence-corrected chi connectivity index (χ0v) is 14.1. The molecule has 0 unspecified atom stereocenters. The fourth-order valence-electron chi connectivity index (χ4n) is 2.71. The van der Waals surface area contributed by atoms with Gasteiger partial charge >= 0.3 is 0 Å². The molecule has 21 heavy (non-hydrogen) atoms. The maximum Gasteiger partial charge on any atom is 0.151 e. The molecular formula is C16H26N2O2S. The van der Waals surface area contributed by atoms with Crippen LogP contribution in [0.15, 0.2) is 24.3 Å². The molecular weight excluding hydrogens is 284 g/mol. The molecule has 1 aromatic rings. The van der Waals surface area contributed by atoms with Crippen molar-refractivity contribution in [2.75, 3.05) is 38.7 Å². The van der Waals surface area contributed by atoms with Crippen LogP contribution >= 0.6 is 0 Å². The molecule has 0 spiro atoms. The second-order valence-electron chi connectivity index (χ2n) is 6.32. The Morgan fingerprint density at radius 3 is 2.33 bits per heavy atom. The Labute approximate surface area is 128 Å². The van der Waals surface area contributed by atoms with E-state index in [0.29, 0.717) is 11.5 Å². The first-order valence-corrected chi connectivity index (χ1v) is 9.32. The van der Waals surface area contributed by atoms with Crippen molar-refractivity contribution in [1.29, 1.82) is 0 Å². The van der Waals surface area contributed by atoms with Crippen molar-refractivity contribution in [2.24, 2.45) is 0 Å². The lowest BCUT2D eigenvalue weighted by Crippen LogP contribution is -2.40. The van der Waals surface area contributed by atoms with Crippen LogP contribution in [-0.4, -0.2) is 63.0 Å². The van der Waals surface area contributed by atoms with Crippen LogP contribution in [-0.2, 0) is 16.4 Å². The van der Waals surface area contributed by atoms with Crippen molar-refractivity contribution >= 4 is 9.84 Å². The Morgan fingerprint density at radius 1 is 1.14 bits per heavy atom. The summed E-state index contributed by atoms with van der Waals surface area (Å²) in [5.41, 5.74) is 2.51. The van der Waals surface area contributed by atoms with Gasteiger partial charge in [-0.2, -0.15) is 0 Å². The Balaban J connectivity index is 2.06. The molecule has 118 valence electrons. The van der Waals surface area contributed by atoms with Gasteiger partial charge in [-0.1, -0.05) is 29.8 Å². The molecule has 1 fully saturated rings. The monoisotopic (exact) mass is 310 g/mol. The van der Waals surface area contributed by atoms with E-state index in [2.05, 4.69) is 55.1 Å². The van der Waals surface area contributed by atoms with E-state index in [0.717, 1.165) is 26.1 Å². The molecule has 0 saturated carbocycles. The third-order valence-corrected chi connectivity index (χ3v) is 5.82. The first kappa shape index (κ1) is 16.5. The van der Waals surface area contributed by atoms with Gasteiger partial charge in [0, 0.05) is 25.7 Å². The molecule has 1 aliphatic heterocycles. The lowest BCUT2D eigenvalue weighted by atomic mass is 10.1. The summed E-state index contributed by atoms with van der Waals surface area (Å²) in [6, 6.07) is 8.68. The van der Waals surface area contributed by atoms with E-state index in [1.807, 2.05) is 0 Å². The van der Waals surface area contributed by atoms with Crippen LogP contribution in [0.5, 0.6) is 0 Å². The number of rotatable bonds is 6. The quantitative estimate of drug-likeness (QED) is 0.799. The van der Waals surface area contributed by atoms with Gasteiger partial charge < -0.3 is 4.90 Å². The van der Waals surface area contributed by atoms with Crippen molar-refractivity contribution in [3.05, 3.63) is 35.4 Å². The highest BCUT2D eigenvalue weighted by atomic mass is 32.2. The van der Waals surface area contributed by atoms with Gasteiger partial charge in [-0.3, -0.25) is 4.90 Å². The van der Waals surface area contributed by atoms with Gasteiger partial charge in [0.15, 0.2) is 9.84 Å². The summed E-state index contributed by atoms with van der Waals surface area (Å²) in [5, 5.41) is 0. The number of hydrogen-bond donors (Lipinski definition) is 0. The summed E-state index contributed by atoms with van der Waals surface area (Å²) in [6.07, 6.45) is 0.765. The normalized spacial score (nSPS) is 21.3. The molecule has 1 aliphatic rings. The van der Waals surface area contributed by atoms with E-state index in [-0.39, 0.29) is 6.04 Å². The van der Waals surface area contributed by atoms with Gasteiger partial charge in [-0.05, 0) is 33.0 Å². The molecule has 0 bridgehead atoms. The standard InChI is InChI=1S/C16H26N2O2S/c1-14-4-6-15(7-5-14)12-18(10-9-17(2)3)16-8-11-21(19,20)13-16/h4-7,16H,8-13H2,1-3H3/t16-/m1/s1. The van der Waals surface area contributed by atoms with Crippen molar-refractivity contribution in [1.82, 2.24) is 9.80 Å². The second-order valence-corrected chi connectivity index (χ2v) is 8.54. The Morgan fingerprint density at radius 2 is 1.81 bits per heavy atom. The van der Waals surface area contributed by atoms with Crippen LogP contribution in [0.3, 0.4) is 0 Å². The van der Waals surface area contributed by atoms with Gasteiger partial charge in [-0.15, -0.1) is 0 Å². The first-order chi connectivity index (χ1) is 9.85. The lowest BCUT2D eigenvalue weighted by molar-refractivity contribution is 0.183. The van der Waals surface area contributed by atoms with E-state index in [1.54, 1.807) is 0 Å².